The number of hydrogen-bond acceptors (Lipinski definition) is 6. The molecule has 7 nitrogen and oxygen atoms in total. The second kappa shape index (κ2) is 7.57. The maximum atomic E-state index is 12.4. The van der Waals surface area contributed by atoms with Crippen molar-refractivity contribution in [3.63, 3.8) is 0 Å². The predicted octanol–water partition coefficient (Wildman–Crippen LogP) is 1.38. The van der Waals surface area contributed by atoms with Crippen molar-refractivity contribution < 1.29 is 18.7 Å². The number of carbonyl (C=O) groups is 1. The first-order valence-corrected chi connectivity index (χ1v) is 8.90. The van der Waals surface area contributed by atoms with Gasteiger partial charge in [-0.2, -0.15) is 0 Å². The molecule has 3 atom stereocenters. The van der Waals surface area contributed by atoms with Gasteiger partial charge in [0.25, 0.3) is 5.91 Å². The molecule has 138 valence electrons. The van der Waals surface area contributed by atoms with E-state index in [2.05, 4.69) is 15.2 Å². The van der Waals surface area contributed by atoms with Crippen molar-refractivity contribution in [1.29, 1.82) is 0 Å². The summed E-state index contributed by atoms with van der Waals surface area (Å²) < 4.78 is 16.9. The Morgan fingerprint density at radius 1 is 1.42 bits per heavy atom. The number of morpholine rings is 1. The Balaban J connectivity index is 1.46. The Morgan fingerprint density at radius 2 is 2.35 bits per heavy atom. The van der Waals surface area contributed by atoms with Crippen LogP contribution in [0.15, 0.2) is 41.2 Å². The second-order valence-corrected chi connectivity index (χ2v) is 6.78. The van der Waals surface area contributed by atoms with Gasteiger partial charge in [0, 0.05) is 18.8 Å². The minimum absolute atomic E-state index is 0.103. The van der Waals surface area contributed by atoms with E-state index in [1.807, 2.05) is 25.1 Å². The SMILES string of the molecule is Cc1cccc(CO[C@H]2[C@H]3COCCN3C[C@H]2NC(=O)c2ccoc2)n1. The monoisotopic (exact) mass is 357 g/mol. The van der Waals surface area contributed by atoms with Gasteiger partial charge in [-0.25, -0.2) is 0 Å². The van der Waals surface area contributed by atoms with E-state index in [-0.39, 0.29) is 24.1 Å². The van der Waals surface area contributed by atoms with Crippen molar-refractivity contribution in [2.45, 2.75) is 31.7 Å². The van der Waals surface area contributed by atoms with Crippen molar-refractivity contribution in [3.05, 3.63) is 53.7 Å². The average Bonchev–Trinajstić information content (AvgIpc) is 3.28. The zero-order chi connectivity index (χ0) is 17.9. The van der Waals surface area contributed by atoms with Crippen LogP contribution in [0.25, 0.3) is 0 Å². The molecule has 2 fully saturated rings. The molecule has 2 aliphatic heterocycles. The van der Waals surface area contributed by atoms with Crippen LogP contribution in [-0.2, 0) is 16.1 Å². The third kappa shape index (κ3) is 3.65. The highest BCUT2D eigenvalue weighted by Gasteiger charge is 2.44. The van der Waals surface area contributed by atoms with Gasteiger partial charge in [-0.05, 0) is 25.1 Å². The Hall–Kier alpha value is -2.22. The van der Waals surface area contributed by atoms with Gasteiger partial charge in [0.2, 0.25) is 0 Å². The highest BCUT2D eigenvalue weighted by molar-refractivity contribution is 5.94. The molecule has 2 saturated heterocycles. The summed E-state index contributed by atoms with van der Waals surface area (Å²) in [5.74, 6) is -0.146. The maximum absolute atomic E-state index is 12.4. The number of aromatic nitrogens is 1. The van der Waals surface area contributed by atoms with E-state index in [1.54, 1.807) is 6.07 Å². The van der Waals surface area contributed by atoms with Gasteiger partial charge >= 0.3 is 0 Å². The van der Waals surface area contributed by atoms with Crippen LogP contribution in [0, 0.1) is 6.92 Å². The third-order valence-corrected chi connectivity index (χ3v) is 4.96. The summed E-state index contributed by atoms with van der Waals surface area (Å²) in [6.45, 7) is 5.31. The van der Waals surface area contributed by atoms with Crippen molar-refractivity contribution in [3.8, 4) is 0 Å². The normalized spacial score (nSPS) is 25.8. The smallest absolute Gasteiger partial charge is 0.254 e. The summed E-state index contributed by atoms with van der Waals surface area (Å²) >= 11 is 0. The highest BCUT2D eigenvalue weighted by Crippen LogP contribution is 2.25. The summed E-state index contributed by atoms with van der Waals surface area (Å²) in [6, 6.07) is 7.59. The van der Waals surface area contributed by atoms with Crippen LogP contribution < -0.4 is 5.32 Å². The number of rotatable bonds is 5. The number of ether oxygens (including phenoxy) is 2. The van der Waals surface area contributed by atoms with E-state index in [9.17, 15) is 4.79 Å². The number of nitrogens with zero attached hydrogens (tertiary/aromatic N) is 2. The van der Waals surface area contributed by atoms with Crippen molar-refractivity contribution >= 4 is 5.91 Å². The Labute approximate surface area is 152 Å². The van der Waals surface area contributed by atoms with Gasteiger partial charge in [0.15, 0.2) is 0 Å². The summed E-state index contributed by atoms with van der Waals surface area (Å²) in [4.78, 5) is 19.3. The van der Waals surface area contributed by atoms with Crippen LogP contribution in [0.4, 0.5) is 0 Å². The Bertz CT molecular complexity index is 749. The van der Waals surface area contributed by atoms with E-state index in [4.69, 9.17) is 13.9 Å². The van der Waals surface area contributed by atoms with E-state index in [0.717, 1.165) is 24.5 Å². The van der Waals surface area contributed by atoms with Crippen LogP contribution in [0.1, 0.15) is 21.7 Å². The molecule has 0 aliphatic carbocycles. The van der Waals surface area contributed by atoms with Gasteiger partial charge in [-0.3, -0.25) is 14.7 Å². The molecule has 0 aromatic carbocycles. The molecule has 4 heterocycles. The van der Waals surface area contributed by atoms with E-state index < -0.39 is 0 Å². The summed E-state index contributed by atoms with van der Waals surface area (Å²) in [7, 11) is 0. The van der Waals surface area contributed by atoms with Crippen LogP contribution in [0.3, 0.4) is 0 Å². The van der Waals surface area contributed by atoms with Crippen LogP contribution in [-0.4, -0.2) is 60.3 Å². The Kier molecular flexibility index (Phi) is 5.01. The molecule has 2 aliphatic rings. The van der Waals surface area contributed by atoms with E-state index in [0.29, 0.717) is 25.4 Å². The number of carbonyl (C=O) groups excluding carboxylic acids is 1. The molecule has 4 rings (SSSR count). The van der Waals surface area contributed by atoms with Crippen LogP contribution >= 0.6 is 0 Å². The van der Waals surface area contributed by atoms with E-state index >= 15 is 0 Å². The number of furan rings is 1. The van der Waals surface area contributed by atoms with E-state index in [1.165, 1.54) is 12.5 Å². The number of pyridine rings is 1. The Morgan fingerprint density at radius 3 is 3.15 bits per heavy atom. The molecule has 0 unspecified atom stereocenters. The predicted molar refractivity (Wildman–Crippen MR) is 93.7 cm³/mol. The second-order valence-electron chi connectivity index (χ2n) is 6.78. The molecular formula is C19H23N3O4. The largest absolute Gasteiger partial charge is 0.472 e. The van der Waals surface area contributed by atoms with Gasteiger partial charge < -0.3 is 19.2 Å². The lowest BCUT2D eigenvalue weighted by Crippen LogP contribution is -2.48. The summed E-state index contributed by atoms with van der Waals surface area (Å²) in [5, 5.41) is 3.09. The zero-order valence-electron chi connectivity index (χ0n) is 14.8. The molecule has 0 radical (unpaired) electrons. The molecule has 1 amide bonds. The zero-order valence-corrected chi connectivity index (χ0v) is 14.8. The number of fused-ring (bicyclic) bond motifs is 1. The minimum Gasteiger partial charge on any atom is -0.472 e. The fraction of sp³-hybridized carbons (Fsp3) is 0.474. The molecule has 2 aromatic rings. The first-order chi connectivity index (χ1) is 12.7. The molecule has 1 N–H and O–H groups in total. The lowest BCUT2D eigenvalue weighted by molar-refractivity contribution is -0.0538. The molecule has 2 aromatic heterocycles. The summed E-state index contributed by atoms with van der Waals surface area (Å²) in [5.41, 5.74) is 2.37. The number of hydrogen-bond donors (Lipinski definition) is 1. The molecule has 7 heteroatoms. The maximum Gasteiger partial charge on any atom is 0.254 e. The van der Waals surface area contributed by atoms with Crippen molar-refractivity contribution in [2.75, 3.05) is 26.3 Å². The van der Waals surface area contributed by atoms with Crippen LogP contribution in [0.5, 0.6) is 0 Å². The highest BCUT2D eigenvalue weighted by atomic mass is 16.5. The first kappa shape index (κ1) is 17.2. The van der Waals surface area contributed by atoms with Gasteiger partial charge in [0.1, 0.15) is 6.26 Å². The van der Waals surface area contributed by atoms with Gasteiger partial charge in [0.05, 0.1) is 55.5 Å². The average molecular weight is 357 g/mol. The minimum atomic E-state index is -0.146. The lowest BCUT2D eigenvalue weighted by atomic mass is 10.1. The fourth-order valence-electron chi connectivity index (χ4n) is 3.67. The molecule has 0 spiro atoms. The number of aryl methyl sites for hydroxylation is 1. The van der Waals surface area contributed by atoms with Gasteiger partial charge in [-0.15, -0.1) is 0 Å². The number of amides is 1. The van der Waals surface area contributed by atoms with Crippen LogP contribution in [0.2, 0.25) is 0 Å². The molecule has 26 heavy (non-hydrogen) atoms. The third-order valence-electron chi connectivity index (χ3n) is 4.96. The molecule has 0 saturated carbocycles. The van der Waals surface area contributed by atoms with Gasteiger partial charge in [-0.1, -0.05) is 6.07 Å². The van der Waals surface area contributed by atoms with Crippen molar-refractivity contribution in [1.82, 2.24) is 15.2 Å². The quantitative estimate of drug-likeness (QED) is 0.871. The summed E-state index contributed by atoms with van der Waals surface area (Å²) in [6.07, 6.45) is 2.80. The lowest BCUT2D eigenvalue weighted by Gasteiger charge is -2.32. The number of nitrogens with one attached hydrogen (secondary N) is 1. The fourth-order valence-corrected chi connectivity index (χ4v) is 3.67. The molecule has 0 bridgehead atoms. The van der Waals surface area contributed by atoms with Crippen molar-refractivity contribution in [2.24, 2.45) is 0 Å². The molecular weight excluding hydrogens is 334 g/mol. The topological polar surface area (TPSA) is 76.8 Å². The first-order valence-electron chi connectivity index (χ1n) is 8.90. The standard InChI is InChI=1S/C19H23N3O4/c1-13-3-2-4-15(20-13)11-26-18-16(9-22-6-8-25-12-17(18)22)21-19(23)14-5-7-24-10-14/h2-5,7,10,16-18H,6,8-9,11-12H2,1H3,(H,21,23)/t16-,17-,18-/m1/s1.